The van der Waals surface area contributed by atoms with Crippen molar-refractivity contribution in [2.75, 3.05) is 13.1 Å². The Balaban J connectivity index is 2.37. The van der Waals surface area contributed by atoms with Crippen LogP contribution in [0, 0.1) is 5.92 Å². The number of rotatable bonds is 7. The Kier molecular flexibility index (Phi) is 5.46. The summed E-state index contributed by atoms with van der Waals surface area (Å²) in [6.45, 7) is 7.93. The molecule has 1 rings (SSSR count). The number of hydrogen-bond donors (Lipinski definition) is 2. The lowest BCUT2D eigenvalue weighted by Gasteiger charge is -2.24. The second kappa shape index (κ2) is 6.38. The summed E-state index contributed by atoms with van der Waals surface area (Å²) in [5, 5.41) is 15.7. The van der Waals surface area contributed by atoms with Gasteiger partial charge in [-0.3, -0.25) is 0 Å². The number of nitrogens with one attached hydrogen (secondary N) is 1. The normalized spacial score (nSPS) is 15.3. The predicted molar refractivity (Wildman–Crippen MR) is 70.8 cm³/mol. The lowest BCUT2D eigenvalue weighted by molar-refractivity contribution is 0.0597. The van der Waals surface area contributed by atoms with Crippen LogP contribution in [0.2, 0.25) is 0 Å². The van der Waals surface area contributed by atoms with Crippen molar-refractivity contribution >= 4 is 11.3 Å². The molecule has 0 aliphatic rings. The molecule has 0 aliphatic carbocycles. The van der Waals surface area contributed by atoms with Crippen molar-refractivity contribution in [3.05, 3.63) is 22.4 Å². The molecule has 0 aliphatic heterocycles. The second-order valence-electron chi connectivity index (χ2n) is 4.56. The molecule has 1 unspecified atom stereocenters. The van der Waals surface area contributed by atoms with Crippen LogP contribution in [-0.4, -0.2) is 18.2 Å². The van der Waals surface area contributed by atoms with Crippen LogP contribution in [0.1, 0.15) is 38.5 Å². The number of aliphatic hydroxyl groups is 1. The summed E-state index contributed by atoms with van der Waals surface area (Å²) >= 11 is 1.61. The van der Waals surface area contributed by atoms with E-state index in [0.717, 1.165) is 17.3 Å². The van der Waals surface area contributed by atoms with Gasteiger partial charge < -0.3 is 10.4 Å². The Morgan fingerprint density at radius 3 is 2.62 bits per heavy atom. The van der Waals surface area contributed by atoms with E-state index >= 15 is 0 Å². The molecule has 1 aromatic rings. The molecule has 0 saturated heterocycles. The first-order valence-electron chi connectivity index (χ1n) is 6.07. The zero-order valence-corrected chi connectivity index (χ0v) is 11.3. The third kappa shape index (κ3) is 3.89. The molecule has 0 fully saturated rings. The Hall–Kier alpha value is -0.380. The van der Waals surface area contributed by atoms with Gasteiger partial charge in [-0.1, -0.05) is 32.8 Å². The number of hydrogen-bond acceptors (Lipinski definition) is 3. The maximum absolute atomic E-state index is 10.3. The third-order valence-electron chi connectivity index (χ3n) is 3.11. The molecule has 0 amide bonds. The standard InChI is InChI=1S/C13H23NOS/c1-4-11(5-2)9-14-10-13(3,15)12-7-6-8-16-12/h6-8,11,14-15H,4-5,9-10H2,1-3H3. The van der Waals surface area contributed by atoms with Gasteiger partial charge in [0.2, 0.25) is 0 Å². The molecule has 0 spiro atoms. The van der Waals surface area contributed by atoms with Gasteiger partial charge in [-0.15, -0.1) is 11.3 Å². The van der Waals surface area contributed by atoms with Gasteiger partial charge in [-0.05, 0) is 30.8 Å². The van der Waals surface area contributed by atoms with Gasteiger partial charge in [0, 0.05) is 11.4 Å². The fraction of sp³-hybridized carbons (Fsp3) is 0.692. The Morgan fingerprint density at radius 1 is 1.44 bits per heavy atom. The molecule has 0 radical (unpaired) electrons. The van der Waals surface area contributed by atoms with Gasteiger partial charge >= 0.3 is 0 Å². The average Bonchev–Trinajstić information content (AvgIpc) is 2.78. The molecule has 0 aromatic carbocycles. The van der Waals surface area contributed by atoms with Crippen molar-refractivity contribution in [3.63, 3.8) is 0 Å². The van der Waals surface area contributed by atoms with Crippen molar-refractivity contribution < 1.29 is 5.11 Å². The molecule has 1 heterocycles. The van der Waals surface area contributed by atoms with Crippen molar-refractivity contribution in [3.8, 4) is 0 Å². The van der Waals surface area contributed by atoms with Gasteiger partial charge in [0.25, 0.3) is 0 Å². The minimum Gasteiger partial charge on any atom is -0.383 e. The summed E-state index contributed by atoms with van der Waals surface area (Å²) < 4.78 is 0. The quantitative estimate of drug-likeness (QED) is 0.769. The molecule has 3 heteroatoms. The van der Waals surface area contributed by atoms with E-state index in [2.05, 4.69) is 19.2 Å². The average molecular weight is 241 g/mol. The van der Waals surface area contributed by atoms with E-state index in [1.54, 1.807) is 11.3 Å². The highest BCUT2D eigenvalue weighted by Gasteiger charge is 2.23. The fourth-order valence-corrected chi connectivity index (χ4v) is 2.56. The first-order chi connectivity index (χ1) is 7.60. The summed E-state index contributed by atoms with van der Waals surface area (Å²) in [7, 11) is 0. The Bertz CT molecular complexity index is 278. The van der Waals surface area contributed by atoms with Gasteiger partial charge in [-0.2, -0.15) is 0 Å². The first kappa shape index (κ1) is 13.7. The summed E-state index contributed by atoms with van der Waals surface area (Å²) in [6.07, 6.45) is 2.40. The minimum absolute atomic E-state index is 0.629. The maximum Gasteiger partial charge on any atom is 0.108 e. The van der Waals surface area contributed by atoms with E-state index in [1.165, 1.54) is 12.8 Å². The molecule has 16 heavy (non-hydrogen) atoms. The third-order valence-corrected chi connectivity index (χ3v) is 4.23. The van der Waals surface area contributed by atoms with Crippen LogP contribution in [0.3, 0.4) is 0 Å². The Labute approximate surface area is 103 Å². The van der Waals surface area contributed by atoms with E-state index in [-0.39, 0.29) is 0 Å². The van der Waals surface area contributed by atoms with Crippen molar-refractivity contribution in [1.29, 1.82) is 0 Å². The SMILES string of the molecule is CCC(CC)CNCC(C)(O)c1cccs1. The van der Waals surface area contributed by atoms with Crippen LogP contribution in [0.5, 0.6) is 0 Å². The monoisotopic (exact) mass is 241 g/mol. The van der Waals surface area contributed by atoms with Gasteiger partial charge in [0.05, 0.1) is 0 Å². The smallest absolute Gasteiger partial charge is 0.108 e. The Morgan fingerprint density at radius 2 is 2.12 bits per heavy atom. The van der Waals surface area contributed by atoms with Crippen LogP contribution in [0.4, 0.5) is 0 Å². The van der Waals surface area contributed by atoms with Gasteiger partial charge in [0.1, 0.15) is 5.60 Å². The number of thiophene rings is 1. The van der Waals surface area contributed by atoms with Crippen LogP contribution in [0.25, 0.3) is 0 Å². The molecular weight excluding hydrogens is 218 g/mol. The molecule has 2 nitrogen and oxygen atoms in total. The van der Waals surface area contributed by atoms with Crippen molar-refractivity contribution in [2.45, 2.75) is 39.2 Å². The lowest BCUT2D eigenvalue weighted by Crippen LogP contribution is -2.36. The molecule has 1 atom stereocenters. The summed E-state index contributed by atoms with van der Waals surface area (Å²) in [5.41, 5.74) is -0.736. The van der Waals surface area contributed by atoms with Crippen molar-refractivity contribution in [1.82, 2.24) is 5.32 Å². The minimum atomic E-state index is -0.736. The molecule has 92 valence electrons. The highest BCUT2D eigenvalue weighted by atomic mass is 32.1. The van der Waals surface area contributed by atoms with Crippen LogP contribution >= 0.6 is 11.3 Å². The highest BCUT2D eigenvalue weighted by Crippen LogP contribution is 2.24. The van der Waals surface area contributed by atoms with E-state index in [0.29, 0.717) is 6.54 Å². The molecule has 0 saturated carbocycles. The molecular formula is C13H23NOS. The summed E-state index contributed by atoms with van der Waals surface area (Å²) in [4.78, 5) is 1.03. The molecule has 0 bridgehead atoms. The lowest BCUT2D eigenvalue weighted by atomic mass is 10.0. The van der Waals surface area contributed by atoms with Crippen LogP contribution in [-0.2, 0) is 5.60 Å². The van der Waals surface area contributed by atoms with Gasteiger partial charge in [-0.25, -0.2) is 0 Å². The topological polar surface area (TPSA) is 32.3 Å². The van der Waals surface area contributed by atoms with Crippen molar-refractivity contribution in [2.24, 2.45) is 5.92 Å². The van der Waals surface area contributed by atoms with E-state index < -0.39 is 5.60 Å². The molecule has 2 N–H and O–H groups in total. The highest BCUT2D eigenvalue weighted by molar-refractivity contribution is 7.10. The predicted octanol–water partition coefficient (Wildman–Crippen LogP) is 2.98. The molecule has 1 aromatic heterocycles. The largest absolute Gasteiger partial charge is 0.383 e. The van der Waals surface area contributed by atoms with Crippen LogP contribution in [0.15, 0.2) is 17.5 Å². The zero-order valence-electron chi connectivity index (χ0n) is 10.5. The maximum atomic E-state index is 10.3. The van der Waals surface area contributed by atoms with Gasteiger partial charge in [0.15, 0.2) is 0 Å². The zero-order chi connectivity index (χ0) is 12.0. The fourth-order valence-electron chi connectivity index (χ4n) is 1.77. The summed E-state index contributed by atoms with van der Waals surface area (Å²) in [6, 6.07) is 3.97. The second-order valence-corrected chi connectivity index (χ2v) is 5.51. The first-order valence-corrected chi connectivity index (χ1v) is 6.95. The van der Waals surface area contributed by atoms with E-state index in [1.807, 2.05) is 24.4 Å². The van der Waals surface area contributed by atoms with E-state index in [9.17, 15) is 5.11 Å². The summed E-state index contributed by atoms with van der Waals surface area (Å²) in [5.74, 6) is 0.721. The van der Waals surface area contributed by atoms with E-state index in [4.69, 9.17) is 0 Å². The van der Waals surface area contributed by atoms with Crippen LogP contribution < -0.4 is 5.32 Å².